The number of fused-ring (bicyclic) bond motifs is 3. The number of ether oxygens (including phenoxy) is 1. The first kappa shape index (κ1) is 31.2. The first-order chi connectivity index (χ1) is 21.3. The summed E-state index contributed by atoms with van der Waals surface area (Å²) < 4.78 is 46.2. The van der Waals surface area contributed by atoms with E-state index in [-0.39, 0.29) is 52.5 Å². The van der Waals surface area contributed by atoms with Gasteiger partial charge in [0.1, 0.15) is 18.1 Å². The van der Waals surface area contributed by atoms with Gasteiger partial charge in [-0.15, -0.1) is 0 Å². The number of halogens is 5. The number of amides is 2. The zero-order valence-corrected chi connectivity index (χ0v) is 25.8. The monoisotopic (exact) mass is 705 g/mol. The summed E-state index contributed by atoms with van der Waals surface area (Å²) in [5.41, 5.74) is 0.406. The number of Topliss-reactive ketones (excluding diaryl/α,β-unsaturated/α-hetero) is 1. The van der Waals surface area contributed by atoms with Crippen LogP contribution < -0.4 is 9.75 Å². The molecule has 0 saturated carbocycles. The predicted molar refractivity (Wildman–Crippen MR) is 158 cm³/mol. The Labute approximate surface area is 268 Å². The molecular weight excluding hydrogens is 683 g/mol. The maximum atomic E-state index is 14.1. The summed E-state index contributed by atoms with van der Waals surface area (Å²) in [6, 6.07) is 8.58. The first-order valence-corrected chi connectivity index (χ1v) is 15.1. The Hall–Kier alpha value is -3.81. The van der Waals surface area contributed by atoms with Gasteiger partial charge in [0, 0.05) is 35.8 Å². The fourth-order valence-electron chi connectivity index (χ4n) is 6.76. The van der Waals surface area contributed by atoms with Gasteiger partial charge in [-0.25, -0.2) is 4.98 Å². The van der Waals surface area contributed by atoms with Crippen LogP contribution in [-0.4, -0.2) is 58.7 Å². The number of hydrogen-bond acceptors (Lipinski definition) is 8. The molecule has 45 heavy (non-hydrogen) atoms. The molecule has 14 heteroatoms. The number of hydrazine groups is 1. The lowest BCUT2D eigenvalue weighted by Crippen LogP contribution is -2.46. The van der Waals surface area contributed by atoms with E-state index in [4.69, 9.17) is 16.3 Å². The lowest BCUT2D eigenvalue weighted by Gasteiger charge is -2.42. The third kappa shape index (κ3) is 5.10. The molecule has 234 valence electrons. The molecule has 0 spiro atoms. The highest BCUT2D eigenvalue weighted by molar-refractivity contribution is 9.12. The molecule has 1 aromatic carbocycles. The second-order valence-electron chi connectivity index (χ2n) is 11.0. The minimum Gasteiger partial charge on any atom is -0.491 e. The Morgan fingerprint density at radius 3 is 2.56 bits per heavy atom. The molecule has 6 rings (SSSR count). The van der Waals surface area contributed by atoms with Crippen LogP contribution in [-0.2, 0) is 25.4 Å². The van der Waals surface area contributed by atoms with E-state index in [1.54, 1.807) is 30.3 Å². The predicted octanol–water partition coefficient (Wildman–Crippen LogP) is 4.94. The van der Waals surface area contributed by atoms with E-state index in [2.05, 4.69) is 20.9 Å². The fraction of sp³-hybridized carbons (Fsp3) is 0.323. The van der Waals surface area contributed by atoms with E-state index in [0.717, 1.165) is 16.1 Å². The molecule has 2 amide bonds. The summed E-state index contributed by atoms with van der Waals surface area (Å²) in [5, 5.41) is 10.9. The van der Waals surface area contributed by atoms with Crippen LogP contribution in [0.25, 0.3) is 0 Å². The van der Waals surface area contributed by atoms with E-state index < -0.39 is 59.0 Å². The minimum atomic E-state index is -4.79. The van der Waals surface area contributed by atoms with Crippen molar-refractivity contribution in [2.24, 2.45) is 17.8 Å². The van der Waals surface area contributed by atoms with Crippen LogP contribution in [0.15, 0.2) is 69.8 Å². The van der Waals surface area contributed by atoms with Gasteiger partial charge in [0.05, 0.1) is 27.9 Å². The summed E-state index contributed by atoms with van der Waals surface area (Å²) >= 11 is 9.37. The standard InChI is InChI=1S/C31H24BrClF3N3O6/c1-38(28-20(33)8-9-23(37-28)31(34,35)36)39-29(43)16-7-6-14-17(25(16)30(39)44)12-18-26(21(41)13-19(32)27(18)42)24(14)15-4-2-3-5-22(15)45-11-10-40/h2-6,8-9,13,16-17,24-25,40H,7,10-12H2,1H3/t16-,17+,24+,25-/m0/s1. The van der Waals surface area contributed by atoms with Crippen molar-refractivity contribution in [3.05, 3.63) is 86.0 Å². The van der Waals surface area contributed by atoms with Crippen molar-refractivity contribution in [1.82, 2.24) is 9.99 Å². The Morgan fingerprint density at radius 1 is 1.11 bits per heavy atom. The fourth-order valence-corrected chi connectivity index (χ4v) is 7.43. The van der Waals surface area contributed by atoms with Gasteiger partial charge >= 0.3 is 6.18 Å². The summed E-state index contributed by atoms with van der Waals surface area (Å²) in [6.07, 6.45) is -1.68. The molecule has 4 atom stereocenters. The lowest BCUT2D eigenvalue weighted by molar-refractivity contribution is -0.141. The van der Waals surface area contributed by atoms with Gasteiger partial charge in [0.15, 0.2) is 17.4 Å². The Balaban J connectivity index is 1.44. The van der Waals surface area contributed by atoms with Crippen LogP contribution in [0.1, 0.15) is 30.0 Å². The molecule has 1 fully saturated rings. The molecule has 3 aliphatic carbocycles. The Bertz CT molecular complexity index is 1760. The number of nitrogens with zero attached hydrogens (tertiary/aromatic N) is 3. The topological polar surface area (TPSA) is 117 Å². The van der Waals surface area contributed by atoms with Crippen LogP contribution in [0.4, 0.5) is 19.0 Å². The largest absolute Gasteiger partial charge is 0.491 e. The quantitative estimate of drug-likeness (QED) is 0.255. The zero-order chi connectivity index (χ0) is 32.4. The van der Waals surface area contributed by atoms with E-state index in [1.165, 1.54) is 13.1 Å². The Morgan fingerprint density at radius 2 is 1.84 bits per heavy atom. The number of hydrogen-bond donors (Lipinski definition) is 1. The molecule has 1 aromatic heterocycles. The van der Waals surface area contributed by atoms with Crippen molar-refractivity contribution >= 4 is 56.7 Å². The number of rotatable bonds is 6. The van der Waals surface area contributed by atoms with Gasteiger partial charge in [0.2, 0.25) is 0 Å². The van der Waals surface area contributed by atoms with Crippen molar-refractivity contribution in [1.29, 1.82) is 0 Å². The maximum absolute atomic E-state index is 14.1. The number of alkyl halides is 3. The minimum absolute atomic E-state index is 0.00878. The molecule has 2 heterocycles. The van der Waals surface area contributed by atoms with Crippen LogP contribution in [0.3, 0.4) is 0 Å². The number of ketones is 2. The van der Waals surface area contributed by atoms with Gasteiger partial charge in [-0.3, -0.25) is 24.2 Å². The van der Waals surface area contributed by atoms with Crippen LogP contribution >= 0.6 is 27.5 Å². The van der Waals surface area contributed by atoms with Gasteiger partial charge in [-0.2, -0.15) is 18.2 Å². The number of pyridine rings is 1. The highest BCUT2D eigenvalue weighted by Gasteiger charge is 2.58. The average molecular weight is 707 g/mol. The van der Waals surface area contributed by atoms with E-state index >= 15 is 0 Å². The second-order valence-corrected chi connectivity index (χ2v) is 12.3. The number of imide groups is 1. The molecule has 9 nitrogen and oxygen atoms in total. The van der Waals surface area contributed by atoms with Gasteiger partial charge < -0.3 is 9.84 Å². The number of carbonyl (C=O) groups excluding carboxylic acids is 4. The number of carbonyl (C=O) groups is 4. The molecule has 1 saturated heterocycles. The molecule has 0 unspecified atom stereocenters. The molecule has 2 aromatic rings. The maximum Gasteiger partial charge on any atom is 0.433 e. The Kier molecular flexibility index (Phi) is 7.99. The molecule has 0 radical (unpaired) electrons. The van der Waals surface area contributed by atoms with Crippen molar-refractivity contribution < 1.29 is 42.2 Å². The highest BCUT2D eigenvalue weighted by atomic mass is 79.9. The molecule has 0 bridgehead atoms. The summed E-state index contributed by atoms with van der Waals surface area (Å²) in [6.45, 7) is -0.290. The van der Waals surface area contributed by atoms with E-state index in [0.29, 0.717) is 23.0 Å². The highest BCUT2D eigenvalue weighted by Crippen LogP contribution is 2.56. The summed E-state index contributed by atoms with van der Waals surface area (Å²) in [7, 11) is 1.24. The number of benzene rings is 1. The van der Waals surface area contributed by atoms with Crippen molar-refractivity contribution in [2.45, 2.75) is 24.9 Å². The number of para-hydroxylation sites is 1. The number of allylic oxidation sites excluding steroid dienone is 6. The van der Waals surface area contributed by atoms with Crippen molar-refractivity contribution in [3.63, 3.8) is 0 Å². The number of anilines is 1. The second kappa shape index (κ2) is 11.5. The number of aliphatic hydroxyl groups is 1. The van der Waals surface area contributed by atoms with E-state index in [1.807, 2.05) is 0 Å². The van der Waals surface area contributed by atoms with Gasteiger partial charge in [-0.05, 0) is 52.9 Å². The first-order valence-electron chi connectivity index (χ1n) is 13.9. The molecule has 4 aliphatic rings. The SMILES string of the molecule is CN(c1nc(C(F)(F)F)ccc1Cl)N1C(=O)[C@H]2[C@H](CC=C3[C@H](c4ccccc4OCCO)C4=C(C[C@H]32)C(=O)C(Br)=CC4=O)C1=O. The molecule has 1 aliphatic heterocycles. The third-order valence-corrected chi connectivity index (χ3v) is 9.50. The van der Waals surface area contributed by atoms with Crippen molar-refractivity contribution in [2.75, 3.05) is 25.3 Å². The smallest absolute Gasteiger partial charge is 0.433 e. The number of aromatic nitrogens is 1. The van der Waals surface area contributed by atoms with E-state index in [9.17, 15) is 37.5 Å². The van der Waals surface area contributed by atoms with Crippen molar-refractivity contribution in [3.8, 4) is 5.75 Å². The summed E-state index contributed by atoms with van der Waals surface area (Å²) in [4.78, 5) is 58.4. The number of aliphatic hydroxyl groups excluding tert-OH is 1. The molecule has 1 N–H and O–H groups in total. The zero-order valence-electron chi connectivity index (χ0n) is 23.5. The summed E-state index contributed by atoms with van der Waals surface area (Å²) in [5.74, 6) is -5.55. The van der Waals surface area contributed by atoms with Crippen LogP contribution in [0.5, 0.6) is 5.75 Å². The van der Waals surface area contributed by atoms with Gasteiger partial charge in [-0.1, -0.05) is 41.4 Å². The molecular formula is C31H24BrClF3N3O6. The normalized spacial score (nSPS) is 24.6. The average Bonchev–Trinajstić information content (AvgIpc) is 3.26. The lowest BCUT2D eigenvalue weighted by atomic mass is 9.59. The van der Waals surface area contributed by atoms with Gasteiger partial charge in [0.25, 0.3) is 11.8 Å². The van der Waals surface area contributed by atoms with Crippen LogP contribution in [0, 0.1) is 17.8 Å². The van der Waals surface area contributed by atoms with Crippen LogP contribution in [0.2, 0.25) is 5.02 Å². The third-order valence-electron chi connectivity index (χ3n) is 8.61.